The molecular weight excluding hydrogens is 180 g/mol. The molecule has 0 rings (SSSR count). The molecule has 0 fully saturated rings. The minimum absolute atomic E-state index is 0.115. The molecule has 0 aromatic rings. The molecular formula is C11H24OS. The lowest BCUT2D eigenvalue weighted by molar-refractivity contribution is 0.453. The average Bonchev–Trinajstić information content (AvgIpc) is 1.43. The maximum Gasteiger partial charge on any atom is 0.0207 e. The lowest BCUT2D eigenvalue weighted by atomic mass is 10.0. The molecule has 0 aliphatic carbocycles. The third-order valence-electron chi connectivity index (χ3n) is 1.39. The third kappa shape index (κ3) is 8.35. The molecule has 0 atom stereocenters. The molecule has 0 aromatic carbocycles. The zero-order valence-corrected chi connectivity index (χ0v) is 10.8. The van der Waals surface area contributed by atoms with E-state index in [1.54, 1.807) is 0 Å². The minimum Gasteiger partial charge on any atom is -0.268 e. The Morgan fingerprint density at radius 1 is 0.923 bits per heavy atom. The molecule has 13 heavy (non-hydrogen) atoms. The van der Waals surface area contributed by atoms with Crippen molar-refractivity contribution in [2.45, 2.75) is 41.5 Å². The van der Waals surface area contributed by atoms with Gasteiger partial charge in [-0.1, -0.05) is 41.5 Å². The van der Waals surface area contributed by atoms with Gasteiger partial charge in [-0.05, 0) is 26.2 Å². The van der Waals surface area contributed by atoms with Crippen molar-refractivity contribution in [2.24, 2.45) is 10.8 Å². The van der Waals surface area contributed by atoms with Gasteiger partial charge in [-0.2, -0.15) is 0 Å². The van der Waals surface area contributed by atoms with Gasteiger partial charge in [0.1, 0.15) is 0 Å². The molecule has 0 heterocycles. The van der Waals surface area contributed by atoms with Gasteiger partial charge in [-0.15, -0.1) is 0 Å². The molecule has 1 nitrogen and oxygen atoms in total. The van der Waals surface area contributed by atoms with Crippen molar-refractivity contribution < 1.29 is 4.21 Å². The highest BCUT2D eigenvalue weighted by molar-refractivity contribution is 8.00. The fourth-order valence-corrected chi connectivity index (χ4v) is 4.89. The van der Waals surface area contributed by atoms with Crippen molar-refractivity contribution in [2.75, 3.05) is 11.5 Å². The van der Waals surface area contributed by atoms with Crippen LogP contribution >= 0.6 is 0 Å². The molecule has 0 bridgehead atoms. The van der Waals surface area contributed by atoms with Gasteiger partial charge in [-0.3, -0.25) is 4.21 Å². The van der Waals surface area contributed by atoms with Crippen molar-refractivity contribution in [1.29, 1.82) is 0 Å². The maximum atomic E-state index is 12.1. The molecule has 0 aliphatic heterocycles. The van der Waals surface area contributed by atoms with E-state index >= 15 is 0 Å². The van der Waals surface area contributed by atoms with Gasteiger partial charge in [0, 0.05) is 11.5 Å². The summed E-state index contributed by atoms with van der Waals surface area (Å²) >= 11 is 0. The van der Waals surface area contributed by atoms with E-state index in [1.165, 1.54) is 0 Å². The van der Waals surface area contributed by atoms with Crippen molar-refractivity contribution in [3.63, 3.8) is 0 Å². The second-order valence-corrected chi connectivity index (χ2v) is 8.89. The SMILES string of the molecule is C=S(=O)(CC(C)(C)C)CC(C)(C)C. The van der Waals surface area contributed by atoms with Gasteiger partial charge in [0.15, 0.2) is 0 Å². The smallest absolute Gasteiger partial charge is 0.0207 e. The lowest BCUT2D eigenvalue weighted by Gasteiger charge is -2.26. The van der Waals surface area contributed by atoms with Crippen LogP contribution in [0.3, 0.4) is 0 Å². The van der Waals surface area contributed by atoms with Crippen molar-refractivity contribution in [1.82, 2.24) is 0 Å². The summed E-state index contributed by atoms with van der Waals surface area (Å²) in [5.41, 5.74) is 0.230. The van der Waals surface area contributed by atoms with E-state index in [1.807, 2.05) is 0 Å². The van der Waals surface area contributed by atoms with Gasteiger partial charge < -0.3 is 0 Å². The first-order valence-corrected chi connectivity index (χ1v) is 6.81. The van der Waals surface area contributed by atoms with E-state index in [4.69, 9.17) is 0 Å². The summed E-state index contributed by atoms with van der Waals surface area (Å²) in [6.45, 7) is 12.7. The van der Waals surface area contributed by atoms with Crippen LogP contribution in [0.25, 0.3) is 0 Å². The Morgan fingerprint density at radius 2 is 1.15 bits per heavy atom. The van der Waals surface area contributed by atoms with E-state index < -0.39 is 9.52 Å². The van der Waals surface area contributed by atoms with Crippen LogP contribution in [0.5, 0.6) is 0 Å². The summed E-state index contributed by atoms with van der Waals surface area (Å²) in [6, 6.07) is 0. The molecule has 0 N–H and O–H groups in total. The predicted octanol–water partition coefficient (Wildman–Crippen LogP) is 2.80. The highest BCUT2D eigenvalue weighted by atomic mass is 32.2. The molecule has 2 heteroatoms. The number of rotatable bonds is 2. The second-order valence-electron chi connectivity index (χ2n) is 6.38. The van der Waals surface area contributed by atoms with Crippen LogP contribution in [0.4, 0.5) is 0 Å². The highest BCUT2D eigenvalue weighted by Gasteiger charge is 2.22. The topological polar surface area (TPSA) is 17.1 Å². The molecule has 0 aromatic heterocycles. The van der Waals surface area contributed by atoms with Gasteiger partial charge in [0.2, 0.25) is 0 Å². The van der Waals surface area contributed by atoms with E-state index in [9.17, 15) is 4.21 Å². The first kappa shape index (κ1) is 13.0. The van der Waals surface area contributed by atoms with E-state index in [0.29, 0.717) is 0 Å². The molecule has 0 radical (unpaired) electrons. The van der Waals surface area contributed by atoms with Crippen molar-refractivity contribution in [3.05, 3.63) is 0 Å². The van der Waals surface area contributed by atoms with Gasteiger partial charge >= 0.3 is 0 Å². The molecule has 0 amide bonds. The Morgan fingerprint density at radius 3 is 1.31 bits per heavy atom. The summed E-state index contributed by atoms with van der Waals surface area (Å²) in [5.74, 6) is 5.31. The first-order valence-electron chi connectivity index (χ1n) is 4.74. The molecule has 0 saturated carbocycles. The molecule has 0 aliphatic rings. The maximum absolute atomic E-state index is 12.1. The van der Waals surface area contributed by atoms with Gasteiger partial charge in [-0.25, -0.2) is 0 Å². The van der Waals surface area contributed by atoms with Crippen LogP contribution in [0.1, 0.15) is 41.5 Å². The second kappa shape index (κ2) is 3.64. The van der Waals surface area contributed by atoms with Crippen LogP contribution in [-0.2, 0) is 9.52 Å². The number of hydrogen-bond donors (Lipinski definition) is 0. The third-order valence-corrected chi connectivity index (χ3v) is 4.18. The van der Waals surface area contributed by atoms with Crippen LogP contribution in [-0.4, -0.2) is 21.6 Å². The van der Waals surface area contributed by atoms with E-state index in [0.717, 1.165) is 11.5 Å². The molecule has 0 spiro atoms. The average molecular weight is 204 g/mol. The van der Waals surface area contributed by atoms with Crippen molar-refractivity contribution in [3.8, 4) is 0 Å². The summed E-state index contributed by atoms with van der Waals surface area (Å²) in [6.07, 6.45) is 0. The Hall–Kier alpha value is 0.0200. The Balaban J connectivity index is 4.46. The predicted molar refractivity (Wildman–Crippen MR) is 63.9 cm³/mol. The first-order chi connectivity index (χ1) is 5.41. The van der Waals surface area contributed by atoms with Crippen LogP contribution in [0.2, 0.25) is 0 Å². The monoisotopic (exact) mass is 204 g/mol. The Labute approximate surface area is 83.9 Å². The zero-order chi connectivity index (χ0) is 10.9. The largest absolute Gasteiger partial charge is 0.268 e. The highest BCUT2D eigenvalue weighted by Crippen LogP contribution is 2.22. The van der Waals surface area contributed by atoms with Gasteiger partial charge in [0.05, 0.1) is 0 Å². The van der Waals surface area contributed by atoms with E-state index in [2.05, 4.69) is 47.4 Å². The summed E-state index contributed by atoms with van der Waals surface area (Å²) in [5, 5.41) is 0. The summed E-state index contributed by atoms with van der Waals surface area (Å²) in [7, 11) is -1.90. The van der Waals surface area contributed by atoms with Gasteiger partial charge in [0.25, 0.3) is 0 Å². The summed E-state index contributed by atoms with van der Waals surface area (Å²) in [4.78, 5) is 0. The number of hydrogen-bond acceptors (Lipinski definition) is 1. The van der Waals surface area contributed by atoms with E-state index in [-0.39, 0.29) is 10.8 Å². The zero-order valence-electron chi connectivity index (χ0n) is 9.94. The molecule has 80 valence electrons. The molecule has 0 unspecified atom stereocenters. The normalized spacial score (nSPS) is 14.6. The van der Waals surface area contributed by atoms with Crippen LogP contribution < -0.4 is 0 Å². The minimum atomic E-state index is -1.90. The fraction of sp³-hybridized carbons (Fsp3) is 0.909. The standard InChI is InChI=1S/C11H24OS/c1-10(2,3)8-13(7,12)9-11(4,5)6/h7-9H2,1-6H3. The molecule has 0 saturated heterocycles. The quantitative estimate of drug-likeness (QED) is 0.632. The van der Waals surface area contributed by atoms with Crippen LogP contribution in [0, 0.1) is 10.8 Å². The lowest BCUT2D eigenvalue weighted by Crippen LogP contribution is -2.28. The Bertz CT molecular complexity index is 225. The summed E-state index contributed by atoms with van der Waals surface area (Å²) < 4.78 is 12.1. The fourth-order valence-electron chi connectivity index (χ4n) is 1.63. The van der Waals surface area contributed by atoms with Crippen molar-refractivity contribution >= 4 is 15.4 Å². The Kier molecular flexibility index (Phi) is 3.65. The van der Waals surface area contributed by atoms with Crippen LogP contribution in [0.15, 0.2) is 0 Å².